The molecule has 4 heterocycles. The molecule has 15 heteroatoms. The van der Waals surface area contributed by atoms with E-state index in [9.17, 15) is 27.6 Å². The van der Waals surface area contributed by atoms with Gasteiger partial charge in [-0.3, -0.25) is 9.69 Å². The zero-order valence-electron chi connectivity index (χ0n) is 29.3. The lowest BCUT2D eigenvalue weighted by atomic mass is 9.87. The SMILES string of the molecule is CCC[C@H](NC(=O)OC(C)(C)C)C(=O)N1C[C@@]2(CCc3c(c(C(F)(F)F)nc4ccc(OCCCN5CCOCC5)cc34)O2)C[C@H]1C(=O)OC. The first-order valence-electron chi connectivity index (χ1n) is 17.2. The molecule has 2 aromatic rings. The first-order chi connectivity index (χ1) is 23.6. The highest BCUT2D eigenvalue weighted by atomic mass is 19.4. The Hall–Kier alpha value is -3.85. The molecule has 2 fully saturated rings. The summed E-state index contributed by atoms with van der Waals surface area (Å²) in [4.78, 5) is 47.1. The van der Waals surface area contributed by atoms with Crippen molar-refractivity contribution in [2.24, 2.45) is 0 Å². The van der Waals surface area contributed by atoms with Gasteiger partial charge in [0.05, 0.1) is 39.0 Å². The van der Waals surface area contributed by atoms with Crippen LogP contribution in [0.5, 0.6) is 11.5 Å². The van der Waals surface area contributed by atoms with Crippen LogP contribution in [-0.2, 0) is 36.4 Å². The maximum absolute atomic E-state index is 14.5. The Kier molecular flexibility index (Phi) is 11.4. The number of aromatic nitrogens is 1. The van der Waals surface area contributed by atoms with Gasteiger partial charge in [0.25, 0.3) is 0 Å². The van der Waals surface area contributed by atoms with E-state index in [2.05, 4.69) is 15.2 Å². The van der Waals surface area contributed by atoms with Crippen LogP contribution < -0.4 is 14.8 Å². The lowest BCUT2D eigenvalue weighted by molar-refractivity contribution is -0.151. The van der Waals surface area contributed by atoms with Crippen LogP contribution >= 0.6 is 0 Å². The molecule has 2 saturated heterocycles. The van der Waals surface area contributed by atoms with E-state index >= 15 is 0 Å². The number of morpholine rings is 1. The Morgan fingerprint density at radius 2 is 1.90 bits per heavy atom. The van der Waals surface area contributed by atoms with Gasteiger partial charge < -0.3 is 33.9 Å². The van der Waals surface area contributed by atoms with Gasteiger partial charge in [-0.2, -0.15) is 13.2 Å². The minimum absolute atomic E-state index is 0.0994. The molecule has 0 bridgehead atoms. The van der Waals surface area contributed by atoms with E-state index in [1.165, 1.54) is 18.1 Å². The molecule has 1 spiro atoms. The number of esters is 1. The number of rotatable bonds is 10. The van der Waals surface area contributed by atoms with Crippen LogP contribution in [0.15, 0.2) is 18.2 Å². The highest BCUT2D eigenvalue weighted by molar-refractivity contribution is 5.91. The monoisotopic (exact) mass is 708 g/mol. The number of hydrogen-bond donors (Lipinski definition) is 1. The van der Waals surface area contributed by atoms with Crippen LogP contribution in [0.25, 0.3) is 10.9 Å². The third kappa shape index (κ3) is 8.71. The van der Waals surface area contributed by atoms with Crippen molar-refractivity contribution >= 4 is 28.9 Å². The number of alkyl halides is 3. The van der Waals surface area contributed by atoms with Gasteiger partial charge in [-0.15, -0.1) is 0 Å². The third-order valence-electron chi connectivity index (χ3n) is 9.15. The number of nitrogens with one attached hydrogen (secondary N) is 1. The van der Waals surface area contributed by atoms with Gasteiger partial charge in [-0.25, -0.2) is 14.6 Å². The van der Waals surface area contributed by atoms with Crippen molar-refractivity contribution in [2.75, 3.05) is 53.1 Å². The predicted octanol–water partition coefficient (Wildman–Crippen LogP) is 4.89. The van der Waals surface area contributed by atoms with Gasteiger partial charge >= 0.3 is 18.2 Å². The Bertz CT molecular complexity index is 1560. The zero-order valence-corrected chi connectivity index (χ0v) is 29.3. The number of ether oxygens (including phenoxy) is 5. The van der Waals surface area contributed by atoms with Crippen LogP contribution in [-0.4, -0.2) is 109 Å². The number of fused-ring (bicyclic) bond motifs is 3. The van der Waals surface area contributed by atoms with Crippen LogP contribution in [0.1, 0.15) is 71.1 Å². The number of carbonyl (C=O) groups is 3. The molecular formula is C35H47F3N4O8. The maximum atomic E-state index is 14.5. The maximum Gasteiger partial charge on any atom is 0.437 e. The van der Waals surface area contributed by atoms with Crippen molar-refractivity contribution in [3.8, 4) is 11.5 Å². The lowest BCUT2D eigenvalue weighted by Crippen LogP contribution is -2.53. The number of carbonyl (C=O) groups excluding carboxylic acids is 3. The predicted molar refractivity (Wildman–Crippen MR) is 176 cm³/mol. The topological polar surface area (TPSA) is 129 Å². The Morgan fingerprint density at radius 1 is 1.16 bits per heavy atom. The normalized spacial score (nSPS) is 21.8. The van der Waals surface area contributed by atoms with E-state index in [1.54, 1.807) is 32.9 Å². The number of alkyl carbamates (subject to hydrolysis) is 1. The van der Waals surface area contributed by atoms with Gasteiger partial charge in [-0.05, 0) is 64.7 Å². The van der Waals surface area contributed by atoms with Crippen molar-refractivity contribution in [1.29, 1.82) is 0 Å². The first kappa shape index (κ1) is 37.4. The Morgan fingerprint density at radius 3 is 2.56 bits per heavy atom. The smallest absolute Gasteiger partial charge is 0.437 e. The van der Waals surface area contributed by atoms with Crippen molar-refractivity contribution in [1.82, 2.24) is 20.1 Å². The number of methoxy groups -OCH3 is 1. The average molecular weight is 709 g/mol. The quantitative estimate of drug-likeness (QED) is 0.269. The molecule has 1 aromatic heterocycles. The number of nitrogens with zero attached hydrogens (tertiary/aromatic N) is 3. The molecular weight excluding hydrogens is 661 g/mol. The van der Waals surface area contributed by atoms with Crippen molar-refractivity contribution < 1.29 is 51.2 Å². The van der Waals surface area contributed by atoms with Gasteiger partial charge in [0, 0.05) is 37.0 Å². The fourth-order valence-corrected chi connectivity index (χ4v) is 6.83. The summed E-state index contributed by atoms with van der Waals surface area (Å²) >= 11 is 0. The van der Waals surface area contributed by atoms with E-state index in [-0.39, 0.29) is 37.7 Å². The summed E-state index contributed by atoms with van der Waals surface area (Å²) in [6, 6.07) is 2.63. The molecule has 276 valence electrons. The van der Waals surface area contributed by atoms with Gasteiger partial charge in [0.15, 0.2) is 11.4 Å². The van der Waals surface area contributed by atoms with E-state index in [0.717, 1.165) is 26.1 Å². The molecule has 50 heavy (non-hydrogen) atoms. The second-order valence-electron chi connectivity index (χ2n) is 14.1. The molecule has 3 aliphatic heterocycles. The molecule has 0 radical (unpaired) electrons. The molecule has 1 N–H and O–H groups in total. The van der Waals surface area contributed by atoms with Crippen LogP contribution in [0.4, 0.5) is 18.0 Å². The minimum atomic E-state index is -4.84. The molecule has 0 saturated carbocycles. The summed E-state index contributed by atoms with van der Waals surface area (Å²) in [5.41, 5.74) is -2.84. The summed E-state index contributed by atoms with van der Waals surface area (Å²) in [6.07, 6.45) is -3.82. The van der Waals surface area contributed by atoms with Gasteiger partial charge in [0.1, 0.15) is 29.0 Å². The van der Waals surface area contributed by atoms with Gasteiger partial charge in [-0.1, -0.05) is 13.3 Å². The lowest BCUT2D eigenvalue weighted by Gasteiger charge is -2.37. The summed E-state index contributed by atoms with van der Waals surface area (Å²) in [5.74, 6) is -1.23. The van der Waals surface area contributed by atoms with Gasteiger partial charge in [0.2, 0.25) is 5.91 Å². The summed E-state index contributed by atoms with van der Waals surface area (Å²) in [7, 11) is 1.18. The first-order valence-corrected chi connectivity index (χ1v) is 17.2. The molecule has 3 aliphatic rings. The Labute approximate surface area is 289 Å². The fraction of sp³-hybridized carbons (Fsp3) is 0.657. The fourth-order valence-electron chi connectivity index (χ4n) is 6.83. The Balaban J connectivity index is 1.40. The van der Waals surface area contributed by atoms with Crippen molar-refractivity contribution in [3.05, 3.63) is 29.5 Å². The molecule has 3 atom stereocenters. The van der Waals surface area contributed by atoms with E-state index < -0.39 is 58.9 Å². The standard InChI is InChI=1S/C35H47F3N4O8/c1-6-8-26(40-32(45)50-33(2,3)4)30(43)42-21-34(20-27(42)31(44)46-5)12-11-23-24-19-22(48-16-7-13-41-14-17-47-18-15-41)9-10-25(24)39-29(28(23)49-34)35(36,37)38/h9-10,19,26-27H,6-8,11-18,20-21H2,1-5H3,(H,40,45)/t26-,27-,34+/m0/s1. The number of hydrogen-bond acceptors (Lipinski definition) is 10. The molecule has 2 amide bonds. The highest BCUT2D eigenvalue weighted by Crippen LogP contribution is 2.48. The average Bonchev–Trinajstić information content (AvgIpc) is 3.42. The van der Waals surface area contributed by atoms with E-state index in [4.69, 9.17) is 23.7 Å². The highest BCUT2D eigenvalue weighted by Gasteiger charge is 2.55. The van der Waals surface area contributed by atoms with E-state index in [0.29, 0.717) is 42.9 Å². The number of halogens is 3. The molecule has 1 aromatic carbocycles. The number of likely N-dealkylation sites (tertiary alicyclic amines) is 1. The number of amides is 2. The third-order valence-corrected chi connectivity index (χ3v) is 9.15. The molecule has 0 unspecified atom stereocenters. The summed E-state index contributed by atoms with van der Waals surface area (Å²) < 4.78 is 71.7. The summed E-state index contributed by atoms with van der Waals surface area (Å²) in [5, 5.41) is 3.08. The largest absolute Gasteiger partial charge is 0.494 e. The van der Waals surface area contributed by atoms with Crippen LogP contribution in [0.3, 0.4) is 0 Å². The second-order valence-corrected chi connectivity index (χ2v) is 14.1. The minimum Gasteiger partial charge on any atom is -0.494 e. The number of pyridine rings is 1. The van der Waals surface area contributed by atoms with E-state index in [1.807, 2.05) is 6.92 Å². The molecule has 5 rings (SSSR count). The van der Waals surface area contributed by atoms with Crippen molar-refractivity contribution in [2.45, 2.75) is 95.7 Å². The second kappa shape index (κ2) is 15.2. The molecule has 12 nitrogen and oxygen atoms in total. The van der Waals surface area contributed by atoms with Crippen LogP contribution in [0, 0.1) is 0 Å². The number of benzene rings is 1. The zero-order chi connectivity index (χ0) is 36.3. The summed E-state index contributed by atoms with van der Waals surface area (Å²) in [6.45, 7) is 11.1. The number of aryl methyl sites for hydroxylation is 1. The molecule has 0 aliphatic carbocycles. The van der Waals surface area contributed by atoms with Crippen molar-refractivity contribution in [3.63, 3.8) is 0 Å². The van der Waals surface area contributed by atoms with Crippen LogP contribution in [0.2, 0.25) is 0 Å².